The van der Waals surface area contributed by atoms with Crippen LogP contribution in [0.15, 0.2) is 30.3 Å². The Bertz CT molecular complexity index is 705. The van der Waals surface area contributed by atoms with Crippen molar-refractivity contribution in [3.05, 3.63) is 47.3 Å². The highest BCUT2D eigenvalue weighted by Crippen LogP contribution is 2.23. The highest BCUT2D eigenvalue weighted by atomic mass is 16.2. The summed E-state index contributed by atoms with van der Waals surface area (Å²) in [5.74, 6) is 0.110. The van der Waals surface area contributed by atoms with Gasteiger partial charge in [0.2, 0.25) is 0 Å². The molecule has 2 atom stereocenters. The van der Waals surface area contributed by atoms with Crippen molar-refractivity contribution >= 4 is 5.91 Å². The molecule has 1 aromatic heterocycles. The van der Waals surface area contributed by atoms with Crippen molar-refractivity contribution < 1.29 is 9.69 Å². The van der Waals surface area contributed by atoms with E-state index in [1.54, 1.807) is 0 Å². The normalized spacial score (nSPS) is 21.5. The van der Waals surface area contributed by atoms with Gasteiger partial charge < -0.3 is 10.2 Å². The molecule has 0 bridgehead atoms. The first kappa shape index (κ1) is 15.7. The maximum Gasteiger partial charge on any atom is 0.283 e. The molecule has 0 aliphatic carbocycles. The first-order chi connectivity index (χ1) is 11.0. The number of para-hydroxylation sites is 1. The van der Waals surface area contributed by atoms with Crippen molar-refractivity contribution in [2.24, 2.45) is 0 Å². The lowest BCUT2D eigenvalue weighted by molar-refractivity contribution is -0.944. The molecule has 3 rings (SSSR count). The van der Waals surface area contributed by atoms with Crippen LogP contribution in [0.2, 0.25) is 0 Å². The summed E-state index contributed by atoms with van der Waals surface area (Å²) < 4.78 is 1.95. The van der Waals surface area contributed by atoms with Crippen molar-refractivity contribution in [3.63, 3.8) is 0 Å². The summed E-state index contributed by atoms with van der Waals surface area (Å²) in [4.78, 5) is 13.9. The number of aromatic nitrogens is 2. The molecule has 1 saturated heterocycles. The number of carbonyl (C=O) groups excluding carboxylic acids is 1. The van der Waals surface area contributed by atoms with E-state index in [0.717, 1.165) is 35.7 Å². The average molecular weight is 313 g/mol. The molecule has 0 radical (unpaired) electrons. The zero-order chi connectivity index (χ0) is 16.6. The van der Waals surface area contributed by atoms with Crippen LogP contribution in [-0.4, -0.2) is 34.8 Å². The number of rotatable bonds is 3. The molecule has 1 fully saturated rings. The van der Waals surface area contributed by atoms with Gasteiger partial charge in [0.05, 0.1) is 41.8 Å². The molecule has 2 aromatic rings. The van der Waals surface area contributed by atoms with Crippen molar-refractivity contribution in [3.8, 4) is 5.69 Å². The number of benzene rings is 1. The third-order valence-electron chi connectivity index (χ3n) is 4.72. The maximum absolute atomic E-state index is 12.6. The van der Waals surface area contributed by atoms with Gasteiger partial charge in [-0.25, -0.2) is 4.68 Å². The summed E-state index contributed by atoms with van der Waals surface area (Å²) >= 11 is 0. The van der Waals surface area contributed by atoms with Gasteiger partial charge in [0, 0.05) is 0 Å². The molecule has 122 valence electrons. The fourth-order valence-electron chi connectivity index (χ4n) is 3.58. The quantitative estimate of drug-likeness (QED) is 0.886. The van der Waals surface area contributed by atoms with E-state index in [0.29, 0.717) is 6.04 Å². The van der Waals surface area contributed by atoms with Crippen molar-refractivity contribution in [2.45, 2.75) is 39.8 Å². The fourth-order valence-corrected chi connectivity index (χ4v) is 3.58. The first-order valence-corrected chi connectivity index (χ1v) is 8.25. The number of amides is 1. The Morgan fingerprint density at radius 2 is 1.96 bits per heavy atom. The first-order valence-electron chi connectivity index (χ1n) is 8.25. The van der Waals surface area contributed by atoms with E-state index in [4.69, 9.17) is 5.10 Å². The van der Waals surface area contributed by atoms with Crippen LogP contribution in [0.3, 0.4) is 0 Å². The third kappa shape index (κ3) is 2.77. The Labute approximate surface area is 137 Å². The van der Waals surface area contributed by atoms with E-state index >= 15 is 0 Å². The van der Waals surface area contributed by atoms with Crippen molar-refractivity contribution in [1.29, 1.82) is 0 Å². The van der Waals surface area contributed by atoms with E-state index in [9.17, 15) is 4.79 Å². The lowest BCUT2D eigenvalue weighted by Crippen LogP contribution is -3.18. The standard InChI is InChI=1S/C18H24N4O/c1-12(2)21-11-10-19-18(23)17(21)16-13(3)20-22(14(16)4)15-8-6-5-7-9-15/h5-9,12,17H,10-11H2,1-4H3,(H,19,23)/p+1/t17-/m0/s1. The second-order valence-corrected chi connectivity index (χ2v) is 6.54. The molecule has 5 nitrogen and oxygen atoms in total. The van der Waals surface area contributed by atoms with Crippen LogP contribution < -0.4 is 10.2 Å². The zero-order valence-corrected chi connectivity index (χ0v) is 14.3. The second-order valence-electron chi connectivity index (χ2n) is 6.54. The van der Waals surface area contributed by atoms with E-state index in [-0.39, 0.29) is 11.9 Å². The van der Waals surface area contributed by atoms with Crippen LogP contribution in [0.1, 0.15) is 36.8 Å². The van der Waals surface area contributed by atoms with E-state index < -0.39 is 0 Å². The van der Waals surface area contributed by atoms with Gasteiger partial charge in [0.1, 0.15) is 0 Å². The van der Waals surface area contributed by atoms with E-state index in [1.165, 1.54) is 4.90 Å². The molecule has 0 saturated carbocycles. The Hall–Kier alpha value is -2.14. The number of nitrogens with zero attached hydrogens (tertiary/aromatic N) is 2. The number of hydrogen-bond donors (Lipinski definition) is 2. The zero-order valence-electron chi connectivity index (χ0n) is 14.3. The molecule has 2 heterocycles. The van der Waals surface area contributed by atoms with Crippen molar-refractivity contribution in [2.75, 3.05) is 13.1 Å². The molecule has 2 N–H and O–H groups in total. The summed E-state index contributed by atoms with van der Waals surface area (Å²) in [6.07, 6.45) is 0. The monoisotopic (exact) mass is 313 g/mol. The minimum Gasteiger partial charge on any atom is -0.345 e. The minimum atomic E-state index is -0.179. The van der Waals surface area contributed by atoms with Crippen LogP contribution in [0.25, 0.3) is 5.69 Å². The van der Waals surface area contributed by atoms with Crippen LogP contribution >= 0.6 is 0 Å². The minimum absolute atomic E-state index is 0.110. The van der Waals surface area contributed by atoms with Gasteiger partial charge in [-0.05, 0) is 39.8 Å². The number of quaternary nitrogens is 1. The molecular weight excluding hydrogens is 288 g/mol. The largest absolute Gasteiger partial charge is 0.345 e. The van der Waals surface area contributed by atoms with Gasteiger partial charge in [0.25, 0.3) is 5.91 Å². The maximum atomic E-state index is 12.6. The predicted octanol–water partition coefficient (Wildman–Crippen LogP) is 0.953. The summed E-state index contributed by atoms with van der Waals surface area (Å²) in [5, 5.41) is 7.73. The van der Waals surface area contributed by atoms with Gasteiger partial charge >= 0.3 is 0 Å². The van der Waals surface area contributed by atoms with Crippen LogP contribution in [0.5, 0.6) is 0 Å². The molecule has 1 aromatic carbocycles. The topological polar surface area (TPSA) is 51.4 Å². The third-order valence-corrected chi connectivity index (χ3v) is 4.72. The Morgan fingerprint density at radius 1 is 1.26 bits per heavy atom. The summed E-state index contributed by atoms with van der Waals surface area (Å²) in [7, 11) is 0. The molecule has 1 aliphatic heterocycles. The average Bonchev–Trinajstić information content (AvgIpc) is 2.83. The number of aryl methyl sites for hydroxylation is 1. The molecule has 1 unspecified atom stereocenters. The smallest absolute Gasteiger partial charge is 0.283 e. The number of piperazine rings is 1. The highest BCUT2D eigenvalue weighted by Gasteiger charge is 2.40. The summed E-state index contributed by atoms with van der Waals surface area (Å²) in [6, 6.07) is 10.3. The van der Waals surface area contributed by atoms with Gasteiger partial charge in [0.15, 0.2) is 6.04 Å². The fraction of sp³-hybridized carbons (Fsp3) is 0.444. The molecule has 1 aliphatic rings. The number of carbonyl (C=O) groups is 1. The lowest BCUT2D eigenvalue weighted by Gasteiger charge is -2.35. The van der Waals surface area contributed by atoms with Gasteiger partial charge in [-0.15, -0.1) is 0 Å². The second kappa shape index (κ2) is 6.16. The summed E-state index contributed by atoms with van der Waals surface area (Å²) in [6.45, 7) is 10.1. The Morgan fingerprint density at radius 3 is 2.61 bits per heavy atom. The number of hydrogen-bond acceptors (Lipinski definition) is 2. The Balaban J connectivity index is 2.09. The lowest BCUT2D eigenvalue weighted by atomic mass is 9.99. The molecule has 0 spiro atoms. The Kier molecular flexibility index (Phi) is 4.22. The van der Waals surface area contributed by atoms with E-state index in [1.807, 2.05) is 41.9 Å². The SMILES string of the molecule is Cc1nn(-c2ccccc2)c(C)c1[C@H]1C(=O)NCC[NH+]1C(C)C. The van der Waals surface area contributed by atoms with Crippen LogP contribution in [0, 0.1) is 13.8 Å². The van der Waals surface area contributed by atoms with Crippen molar-refractivity contribution in [1.82, 2.24) is 15.1 Å². The van der Waals surface area contributed by atoms with Gasteiger partial charge in [-0.2, -0.15) is 5.10 Å². The highest BCUT2D eigenvalue weighted by molar-refractivity contribution is 5.83. The van der Waals surface area contributed by atoms with Crippen LogP contribution in [-0.2, 0) is 4.79 Å². The van der Waals surface area contributed by atoms with Crippen LogP contribution in [0.4, 0.5) is 0 Å². The van der Waals surface area contributed by atoms with Gasteiger partial charge in [-0.1, -0.05) is 18.2 Å². The number of nitrogens with one attached hydrogen (secondary N) is 2. The molecular formula is C18H25N4O+. The summed E-state index contributed by atoms with van der Waals surface area (Å²) in [5.41, 5.74) is 4.08. The molecule has 1 amide bonds. The molecule has 5 heteroatoms. The van der Waals surface area contributed by atoms with Gasteiger partial charge in [-0.3, -0.25) is 4.79 Å². The van der Waals surface area contributed by atoms with E-state index in [2.05, 4.69) is 26.1 Å². The molecule has 23 heavy (non-hydrogen) atoms. The predicted molar refractivity (Wildman–Crippen MR) is 89.8 cm³/mol.